The van der Waals surface area contributed by atoms with Crippen LogP contribution in [-0.4, -0.2) is 34.6 Å². The summed E-state index contributed by atoms with van der Waals surface area (Å²) in [6.45, 7) is 5.42. The minimum Gasteiger partial charge on any atom is -0.760 e. The van der Waals surface area contributed by atoms with Crippen LogP contribution in [0.4, 0.5) is 8.78 Å². The Morgan fingerprint density at radius 3 is 2.34 bits per heavy atom. The Morgan fingerprint density at radius 2 is 1.76 bits per heavy atom. The lowest BCUT2D eigenvalue weighted by Crippen LogP contribution is -2.37. The molecule has 0 saturated heterocycles. The zero-order chi connectivity index (χ0) is 30.1. The van der Waals surface area contributed by atoms with Gasteiger partial charge in [0.2, 0.25) is 0 Å². The molecule has 3 atom stereocenters. The van der Waals surface area contributed by atoms with Gasteiger partial charge in [-0.2, -0.15) is 0 Å². The number of hydrogen-bond donors (Lipinski definition) is 2. The van der Waals surface area contributed by atoms with E-state index in [0.29, 0.717) is 16.7 Å². The summed E-state index contributed by atoms with van der Waals surface area (Å²) in [5, 5.41) is 0. The van der Waals surface area contributed by atoms with Crippen LogP contribution >= 0.6 is 0 Å². The highest BCUT2D eigenvalue weighted by molar-refractivity contribution is 7.84. The van der Waals surface area contributed by atoms with Crippen molar-refractivity contribution in [3.8, 4) is 11.1 Å². The predicted molar refractivity (Wildman–Crippen MR) is 154 cm³/mol. The van der Waals surface area contributed by atoms with Gasteiger partial charge in [0.15, 0.2) is 5.78 Å². The largest absolute Gasteiger partial charge is 0.760 e. The third kappa shape index (κ3) is 7.49. The van der Waals surface area contributed by atoms with Crippen molar-refractivity contribution in [1.82, 2.24) is 14.0 Å². The summed E-state index contributed by atoms with van der Waals surface area (Å²) < 4.78 is 70.2. The molecule has 1 heterocycles. The SMILES string of the molecule is Cn1cc(-c2cc(CCNS(=O)[O-])c(F)cc2C(=O)c2ccc(F)cc2)c([C@@H](N[S@@](=O)C(C)(C)C)C2CC2)cc1=O. The van der Waals surface area contributed by atoms with E-state index in [4.69, 9.17) is 0 Å². The van der Waals surface area contributed by atoms with Gasteiger partial charge in [-0.1, -0.05) is 0 Å². The molecule has 1 unspecified atom stereocenters. The van der Waals surface area contributed by atoms with Crippen molar-refractivity contribution < 1.29 is 26.5 Å². The normalized spacial score (nSPS) is 15.9. The molecule has 2 N–H and O–H groups in total. The molecule has 3 aromatic rings. The van der Waals surface area contributed by atoms with Crippen LogP contribution in [0.25, 0.3) is 11.1 Å². The summed E-state index contributed by atoms with van der Waals surface area (Å²) in [6.07, 6.45) is 3.26. The second-order valence-corrected chi connectivity index (χ2v) is 13.9. The van der Waals surface area contributed by atoms with Crippen LogP contribution in [0.2, 0.25) is 0 Å². The Kier molecular flexibility index (Phi) is 9.49. The highest BCUT2D eigenvalue weighted by Crippen LogP contribution is 2.45. The molecule has 0 spiro atoms. The number of pyridine rings is 1. The molecular weight excluding hydrogens is 572 g/mol. The zero-order valence-corrected chi connectivity index (χ0v) is 24.8. The summed E-state index contributed by atoms with van der Waals surface area (Å²) in [5.41, 5.74) is 1.28. The van der Waals surface area contributed by atoms with E-state index in [1.54, 1.807) is 13.2 Å². The Bertz CT molecular complexity index is 1560. The minimum absolute atomic E-state index is 0.00270. The summed E-state index contributed by atoms with van der Waals surface area (Å²) in [4.78, 5) is 26.6. The highest BCUT2D eigenvalue weighted by atomic mass is 32.2. The van der Waals surface area contributed by atoms with Gasteiger partial charge >= 0.3 is 0 Å². The van der Waals surface area contributed by atoms with Crippen molar-refractivity contribution in [2.24, 2.45) is 13.0 Å². The van der Waals surface area contributed by atoms with Gasteiger partial charge in [-0.05, 0) is 99.0 Å². The van der Waals surface area contributed by atoms with E-state index in [1.165, 1.54) is 28.8 Å². The Labute approximate surface area is 242 Å². The maximum Gasteiger partial charge on any atom is 0.250 e. The molecule has 2 aromatic carbocycles. The Hall–Kier alpha value is -2.90. The smallest absolute Gasteiger partial charge is 0.250 e. The van der Waals surface area contributed by atoms with E-state index in [1.807, 2.05) is 20.8 Å². The van der Waals surface area contributed by atoms with E-state index >= 15 is 4.39 Å². The van der Waals surface area contributed by atoms with E-state index in [0.717, 1.165) is 31.0 Å². The maximum atomic E-state index is 15.4. The van der Waals surface area contributed by atoms with Gasteiger partial charge in [-0.25, -0.2) is 22.4 Å². The lowest BCUT2D eigenvalue weighted by atomic mass is 9.87. The number of aryl methyl sites for hydroxylation is 1. The van der Waals surface area contributed by atoms with Crippen LogP contribution < -0.4 is 15.0 Å². The summed E-state index contributed by atoms with van der Waals surface area (Å²) in [7, 11) is 0.0813. The molecule has 0 amide bonds. The fourth-order valence-corrected chi connectivity index (χ4v) is 5.68. The first-order valence-corrected chi connectivity index (χ1v) is 15.3. The van der Waals surface area contributed by atoms with Crippen LogP contribution in [-0.2, 0) is 35.7 Å². The van der Waals surface area contributed by atoms with Gasteiger partial charge in [-0.3, -0.25) is 13.8 Å². The zero-order valence-electron chi connectivity index (χ0n) is 23.2. The standard InChI is InChI=1S/C29H33F2N3O5S2/c1-29(2,3)40(37)33-27(17-5-6-17)22-15-26(35)34(4)16-24(22)21-13-19(11-12-32-41(38)39)25(31)14-23(21)28(36)18-7-9-20(30)10-8-18/h7-10,13-17,27,32-33H,5-6,11-12H2,1-4H3,(H,38,39)/p-1/t27-,40-/m0/s1. The second kappa shape index (κ2) is 12.5. The molecule has 0 aliphatic heterocycles. The molecule has 1 aliphatic carbocycles. The fraction of sp³-hybridized carbons (Fsp3) is 0.379. The lowest BCUT2D eigenvalue weighted by molar-refractivity contribution is 0.103. The third-order valence-corrected chi connectivity index (χ3v) is 8.94. The quantitative estimate of drug-likeness (QED) is 0.253. The fourth-order valence-electron chi connectivity index (χ4n) is 4.51. The molecule has 41 heavy (non-hydrogen) atoms. The molecule has 220 valence electrons. The molecule has 1 fully saturated rings. The number of ketones is 1. The van der Waals surface area contributed by atoms with Crippen molar-refractivity contribution >= 4 is 28.0 Å². The van der Waals surface area contributed by atoms with Gasteiger partial charge in [0.1, 0.15) is 11.6 Å². The average molecular weight is 605 g/mol. The van der Waals surface area contributed by atoms with E-state index < -0.39 is 50.5 Å². The van der Waals surface area contributed by atoms with Gasteiger partial charge < -0.3 is 9.12 Å². The Balaban J connectivity index is 1.93. The number of carbonyl (C=O) groups excluding carboxylic acids is 1. The second-order valence-electron chi connectivity index (χ2n) is 11.1. The number of hydrogen-bond acceptors (Lipinski definition) is 5. The molecule has 1 saturated carbocycles. The van der Waals surface area contributed by atoms with Gasteiger partial charge in [0.25, 0.3) is 5.56 Å². The predicted octanol–water partition coefficient (Wildman–Crippen LogP) is 3.99. The van der Waals surface area contributed by atoms with E-state index in [2.05, 4.69) is 9.44 Å². The van der Waals surface area contributed by atoms with Crippen LogP contribution in [0.15, 0.2) is 53.5 Å². The van der Waals surface area contributed by atoms with Crippen molar-refractivity contribution in [1.29, 1.82) is 0 Å². The monoisotopic (exact) mass is 604 g/mol. The first kappa shape index (κ1) is 31.0. The molecular formula is C29H32F2N3O5S2-. The number of nitrogens with zero attached hydrogens (tertiary/aromatic N) is 1. The van der Waals surface area contributed by atoms with Crippen LogP contribution in [0, 0.1) is 17.6 Å². The van der Waals surface area contributed by atoms with Crippen LogP contribution in [0.1, 0.15) is 66.7 Å². The lowest BCUT2D eigenvalue weighted by Gasteiger charge is -2.27. The first-order chi connectivity index (χ1) is 19.3. The molecule has 12 heteroatoms. The van der Waals surface area contributed by atoms with Crippen LogP contribution in [0.5, 0.6) is 0 Å². The summed E-state index contributed by atoms with van der Waals surface area (Å²) >= 11 is -2.54. The summed E-state index contributed by atoms with van der Waals surface area (Å²) in [6, 6.07) is 8.43. The number of carbonyl (C=O) groups is 1. The van der Waals surface area contributed by atoms with Crippen molar-refractivity contribution in [2.45, 2.75) is 50.8 Å². The van der Waals surface area contributed by atoms with E-state index in [9.17, 15) is 27.0 Å². The maximum absolute atomic E-state index is 15.4. The number of halogens is 2. The van der Waals surface area contributed by atoms with Crippen LogP contribution in [0.3, 0.4) is 0 Å². The highest BCUT2D eigenvalue weighted by Gasteiger charge is 2.37. The van der Waals surface area contributed by atoms with Crippen molar-refractivity contribution in [3.63, 3.8) is 0 Å². The topological polar surface area (TPSA) is 120 Å². The molecule has 4 rings (SSSR count). The number of aromatic nitrogens is 1. The van der Waals surface area contributed by atoms with Crippen molar-refractivity contribution in [2.75, 3.05) is 6.54 Å². The Morgan fingerprint density at radius 1 is 1.10 bits per heavy atom. The number of rotatable bonds is 11. The first-order valence-electron chi connectivity index (χ1n) is 13.1. The summed E-state index contributed by atoms with van der Waals surface area (Å²) in [5.74, 6) is -1.70. The number of nitrogens with one attached hydrogen (secondary N) is 2. The van der Waals surface area contributed by atoms with Crippen molar-refractivity contribution in [3.05, 3.63) is 92.9 Å². The van der Waals surface area contributed by atoms with Gasteiger partial charge in [0, 0.05) is 59.9 Å². The van der Waals surface area contributed by atoms with E-state index in [-0.39, 0.29) is 41.1 Å². The van der Waals surface area contributed by atoms with Gasteiger partial charge in [-0.15, -0.1) is 0 Å². The minimum atomic E-state index is -2.54. The molecule has 0 bridgehead atoms. The van der Waals surface area contributed by atoms with Gasteiger partial charge in [0.05, 0.1) is 15.7 Å². The average Bonchev–Trinajstić information content (AvgIpc) is 3.74. The third-order valence-electron chi connectivity index (χ3n) is 6.92. The molecule has 8 nitrogen and oxygen atoms in total. The number of benzene rings is 2. The molecule has 1 aliphatic rings. The molecule has 1 aromatic heterocycles. The molecule has 0 radical (unpaired) electrons.